The molecule has 1 heterocycles. The predicted octanol–water partition coefficient (Wildman–Crippen LogP) is 2.95. The van der Waals surface area contributed by atoms with Gasteiger partial charge in [0, 0.05) is 12.8 Å². The normalized spacial score (nSPS) is 31.2. The van der Waals surface area contributed by atoms with Crippen molar-refractivity contribution in [2.24, 2.45) is 0 Å². The van der Waals surface area contributed by atoms with Gasteiger partial charge in [-0.3, -0.25) is 0 Å². The van der Waals surface area contributed by atoms with E-state index >= 15 is 0 Å². The zero-order valence-electron chi connectivity index (χ0n) is 12.1. The van der Waals surface area contributed by atoms with E-state index in [0.29, 0.717) is 0 Å². The Morgan fingerprint density at radius 3 is 2.32 bits per heavy atom. The molecule has 0 saturated carbocycles. The third-order valence-electron chi connectivity index (χ3n) is 3.84. The van der Waals surface area contributed by atoms with E-state index in [9.17, 15) is 5.11 Å². The minimum atomic E-state index is -0.586. The maximum Gasteiger partial charge on any atom is 0.118 e. The van der Waals surface area contributed by atoms with E-state index in [4.69, 9.17) is 9.47 Å². The SMILES string of the molecule is COc1ccc(CCC2(O)CC(C)OC(C)C2)cc1. The lowest BCUT2D eigenvalue weighted by atomic mass is 9.83. The minimum absolute atomic E-state index is 0.143. The molecule has 1 aliphatic rings. The van der Waals surface area contributed by atoms with Crippen molar-refractivity contribution < 1.29 is 14.6 Å². The molecule has 1 N–H and O–H groups in total. The van der Waals surface area contributed by atoms with Crippen molar-refractivity contribution in [2.75, 3.05) is 7.11 Å². The maximum absolute atomic E-state index is 10.7. The predicted molar refractivity (Wildman–Crippen MR) is 75.5 cm³/mol. The highest BCUT2D eigenvalue weighted by Crippen LogP contribution is 2.32. The Morgan fingerprint density at radius 1 is 1.21 bits per heavy atom. The van der Waals surface area contributed by atoms with Gasteiger partial charge >= 0.3 is 0 Å². The van der Waals surface area contributed by atoms with Crippen molar-refractivity contribution in [1.82, 2.24) is 0 Å². The number of aryl methyl sites for hydroxylation is 1. The maximum atomic E-state index is 10.7. The topological polar surface area (TPSA) is 38.7 Å². The lowest BCUT2D eigenvalue weighted by Crippen LogP contribution is -2.43. The smallest absolute Gasteiger partial charge is 0.118 e. The molecule has 3 nitrogen and oxygen atoms in total. The van der Waals surface area contributed by atoms with Gasteiger partial charge in [0.15, 0.2) is 0 Å². The molecule has 0 spiro atoms. The van der Waals surface area contributed by atoms with Crippen LogP contribution in [0.3, 0.4) is 0 Å². The molecule has 1 aliphatic heterocycles. The van der Waals surface area contributed by atoms with E-state index in [1.54, 1.807) is 7.11 Å². The van der Waals surface area contributed by atoms with Crippen LogP contribution in [0.4, 0.5) is 0 Å². The lowest BCUT2D eigenvalue weighted by Gasteiger charge is -2.39. The number of hydrogen-bond acceptors (Lipinski definition) is 3. The number of ether oxygens (including phenoxy) is 2. The minimum Gasteiger partial charge on any atom is -0.497 e. The first kappa shape index (κ1) is 14.4. The summed E-state index contributed by atoms with van der Waals surface area (Å²) in [5, 5.41) is 10.7. The Balaban J connectivity index is 1.93. The quantitative estimate of drug-likeness (QED) is 0.908. The van der Waals surface area contributed by atoms with Crippen LogP contribution in [0.25, 0.3) is 0 Å². The second kappa shape index (κ2) is 5.93. The molecule has 2 unspecified atom stereocenters. The number of hydrogen-bond donors (Lipinski definition) is 1. The highest BCUT2D eigenvalue weighted by molar-refractivity contribution is 5.27. The summed E-state index contributed by atoms with van der Waals surface area (Å²) < 4.78 is 10.8. The van der Waals surface area contributed by atoms with E-state index in [1.165, 1.54) is 5.56 Å². The summed E-state index contributed by atoms with van der Waals surface area (Å²) in [6.07, 6.45) is 3.42. The average Bonchev–Trinajstić information content (AvgIpc) is 2.35. The van der Waals surface area contributed by atoms with Crippen LogP contribution >= 0.6 is 0 Å². The molecular formula is C16H24O3. The molecular weight excluding hydrogens is 240 g/mol. The second-order valence-electron chi connectivity index (χ2n) is 5.74. The molecule has 1 saturated heterocycles. The molecule has 2 rings (SSSR count). The first-order chi connectivity index (χ1) is 9.00. The number of benzene rings is 1. The molecule has 0 amide bonds. The van der Waals surface area contributed by atoms with Crippen LogP contribution in [0.1, 0.15) is 38.7 Å². The molecule has 1 aromatic carbocycles. The van der Waals surface area contributed by atoms with E-state index < -0.39 is 5.60 Å². The van der Waals surface area contributed by atoms with E-state index in [0.717, 1.165) is 31.4 Å². The fourth-order valence-corrected chi connectivity index (χ4v) is 3.02. The monoisotopic (exact) mass is 264 g/mol. The van der Waals surface area contributed by atoms with Gasteiger partial charge in [-0.25, -0.2) is 0 Å². The Bertz CT molecular complexity index is 389. The van der Waals surface area contributed by atoms with E-state index in [-0.39, 0.29) is 12.2 Å². The van der Waals surface area contributed by atoms with Gasteiger partial charge in [0.2, 0.25) is 0 Å². The van der Waals surface area contributed by atoms with Gasteiger partial charge in [-0.2, -0.15) is 0 Å². The number of rotatable bonds is 4. The summed E-state index contributed by atoms with van der Waals surface area (Å²) in [4.78, 5) is 0. The summed E-state index contributed by atoms with van der Waals surface area (Å²) in [6.45, 7) is 4.07. The zero-order valence-corrected chi connectivity index (χ0v) is 12.1. The highest BCUT2D eigenvalue weighted by atomic mass is 16.5. The fourth-order valence-electron chi connectivity index (χ4n) is 3.02. The van der Waals surface area contributed by atoms with Gasteiger partial charge in [0.25, 0.3) is 0 Å². The van der Waals surface area contributed by atoms with Crippen LogP contribution in [-0.2, 0) is 11.2 Å². The third kappa shape index (κ3) is 3.95. The van der Waals surface area contributed by atoms with Crippen LogP contribution < -0.4 is 4.74 Å². The van der Waals surface area contributed by atoms with E-state index in [1.807, 2.05) is 26.0 Å². The van der Waals surface area contributed by atoms with Gasteiger partial charge in [-0.15, -0.1) is 0 Å². The van der Waals surface area contributed by atoms with E-state index in [2.05, 4.69) is 12.1 Å². The summed E-state index contributed by atoms with van der Waals surface area (Å²) in [6, 6.07) is 8.06. The highest BCUT2D eigenvalue weighted by Gasteiger charge is 2.36. The van der Waals surface area contributed by atoms with Gasteiger partial charge in [-0.05, 0) is 44.4 Å². The van der Waals surface area contributed by atoms with Crippen molar-refractivity contribution in [3.63, 3.8) is 0 Å². The molecule has 0 aliphatic carbocycles. The van der Waals surface area contributed by atoms with Gasteiger partial charge < -0.3 is 14.6 Å². The Hall–Kier alpha value is -1.06. The molecule has 106 valence electrons. The molecule has 3 heteroatoms. The molecule has 0 radical (unpaired) electrons. The summed E-state index contributed by atoms with van der Waals surface area (Å²) in [7, 11) is 1.67. The van der Waals surface area contributed by atoms with Crippen LogP contribution in [-0.4, -0.2) is 30.0 Å². The molecule has 2 atom stereocenters. The van der Waals surface area contributed by atoms with Gasteiger partial charge in [-0.1, -0.05) is 12.1 Å². The molecule has 0 aromatic heterocycles. The van der Waals surface area contributed by atoms with Crippen molar-refractivity contribution in [1.29, 1.82) is 0 Å². The van der Waals surface area contributed by atoms with Crippen molar-refractivity contribution in [3.8, 4) is 5.75 Å². The largest absolute Gasteiger partial charge is 0.497 e. The van der Waals surface area contributed by atoms with Gasteiger partial charge in [0.1, 0.15) is 5.75 Å². The zero-order chi connectivity index (χ0) is 13.9. The van der Waals surface area contributed by atoms with Crippen molar-refractivity contribution in [2.45, 2.75) is 57.3 Å². The van der Waals surface area contributed by atoms with Crippen LogP contribution in [0.5, 0.6) is 5.75 Å². The first-order valence-electron chi connectivity index (χ1n) is 7.01. The molecule has 0 bridgehead atoms. The molecule has 1 aromatic rings. The molecule has 1 fully saturated rings. The third-order valence-corrected chi connectivity index (χ3v) is 3.84. The first-order valence-corrected chi connectivity index (χ1v) is 7.01. The van der Waals surface area contributed by atoms with Crippen LogP contribution in [0.2, 0.25) is 0 Å². The Labute approximate surface area is 115 Å². The lowest BCUT2D eigenvalue weighted by molar-refractivity contribution is -0.134. The Morgan fingerprint density at radius 2 is 1.79 bits per heavy atom. The van der Waals surface area contributed by atoms with Crippen molar-refractivity contribution in [3.05, 3.63) is 29.8 Å². The summed E-state index contributed by atoms with van der Waals surface area (Å²) in [5.41, 5.74) is 0.651. The van der Waals surface area contributed by atoms with Crippen LogP contribution in [0.15, 0.2) is 24.3 Å². The standard InChI is InChI=1S/C16H24O3/c1-12-10-16(17,11-13(2)19-12)9-8-14-4-6-15(18-3)7-5-14/h4-7,12-13,17H,8-11H2,1-3H3. The fraction of sp³-hybridized carbons (Fsp3) is 0.625. The average molecular weight is 264 g/mol. The van der Waals surface area contributed by atoms with Gasteiger partial charge in [0.05, 0.1) is 24.9 Å². The number of methoxy groups -OCH3 is 1. The van der Waals surface area contributed by atoms with Crippen LogP contribution in [0, 0.1) is 0 Å². The summed E-state index contributed by atoms with van der Waals surface area (Å²) >= 11 is 0. The number of aliphatic hydroxyl groups is 1. The summed E-state index contributed by atoms with van der Waals surface area (Å²) in [5.74, 6) is 0.871. The Kier molecular flexibility index (Phi) is 4.48. The second-order valence-corrected chi connectivity index (χ2v) is 5.74. The molecule has 19 heavy (non-hydrogen) atoms. The van der Waals surface area contributed by atoms with Crippen molar-refractivity contribution >= 4 is 0 Å².